The summed E-state index contributed by atoms with van der Waals surface area (Å²) in [6.45, 7) is 7.06. The van der Waals surface area contributed by atoms with E-state index in [9.17, 15) is 14.4 Å². The molecule has 0 atom stereocenters. The van der Waals surface area contributed by atoms with Gasteiger partial charge in [0.1, 0.15) is 6.54 Å². The SMILES string of the molecule is C=CCN(C(=O)NCC(=O)OC(C)C)c1ccc(C(N)=O)cc1. The van der Waals surface area contributed by atoms with Gasteiger partial charge in [-0.1, -0.05) is 6.08 Å². The van der Waals surface area contributed by atoms with Crippen molar-refractivity contribution in [2.45, 2.75) is 20.0 Å². The van der Waals surface area contributed by atoms with Crippen LogP contribution in [0, 0.1) is 0 Å². The maximum atomic E-state index is 12.2. The summed E-state index contributed by atoms with van der Waals surface area (Å²) in [6.07, 6.45) is 1.30. The van der Waals surface area contributed by atoms with Gasteiger partial charge in [0.2, 0.25) is 5.91 Å². The van der Waals surface area contributed by atoms with Crippen molar-refractivity contribution in [1.29, 1.82) is 0 Å². The van der Waals surface area contributed by atoms with E-state index in [-0.39, 0.29) is 19.2 Å². The van der Waals surface area contributed by atoms with Crippen molar-refractivity contribution in [2.24, 2.45) is 5.73 Å². The van der Waals surface area contributed by atoms with Crippen molar-refractivity contribution in [3.05, 3.63) is 42.5 Å². The third-order valence-corrected chi connectivity index (χ3v) is 2.77. The van der Waals surface area contributed by atoms with Gasteiger partial charge in [-0.15, -0.1) is 6.58 Å². The highest BCUT2D eigenvalue weighted by Gasteiger charge is 2.16. The molecule has 0 unspecified atom stereocenters. The van der Waals surface area contributed by atoms with Gasteiger partial charge in [-0.2, -0.15) is 0 Å². The highest BCUT2D eigenvalue weighted by molar-refractivity contribution is 5.96. The van der Waals surface area contributed by atoms with E-state index >= 15 is 0 Å². The van der Waals surface area contributed by atoms with Crippen LogP contribution in [0.3, 0.4) is 0 Å². The molecule has 7 heteroatoms. The molecule has 0 fully saturated rings. The monoisotopic (exact) mass is 319 g/mol. The lowest BCUT2D eigenvalue weighted by atomic mass is 10.2. The first kappa shape index (κ1) is 18.2. The van der Waals surface area contributed by atoms with Crippen molar-refractivity contribution in [3.63, 3.8) is 0 Å². The molecule has 1 aromatic rings. The van der Waals surface area contributed by atoms with Crippen molar-refractivity contribution in [3.8, 4) is 0 Å². The second kappa shape index (κ2) is 8.57. The second-order valence-corrected chi connectivity index (χ2v) is 5.01. The summed E-state index contributed by atoms with van der Waals surface area (Å²) in [7, 11) is 0. The van der Waals surface area contributed by atoms with Crippen molar-refractivity contribution in [1.82, 2.24) is 5.32 Å². The number of carbonyl (C=O) groups is 3. The number of carbonyl (C=O) groups excluding carboxylic acids is 3. The zero-order chi connectivity index (χ0) is 17.4. The average molecular weight is 319 g/mol. The standard InChI is InChI=1S/C16H21N3O4/c1-4-9-19(13-7-5-12(6-8-13)15(17)21)16(22)18-10-14(20)23-11(2)3/h4-8,11H,1,9-10H2,2-3H3,(H2,17,21)(H,18,22). The largest absolute Gasteiger partial charge is 0.462 e. The Bertz CT molecular complexity index is 581. The molecule has 0 radical (unpaired) electrons. The predicted molar refractivity (Wildman–Crippen MR) is 87.1 cm³/mol. The number of nitrogens with zero attached hydrogens (tertiary/aromatic N) is 1. The second-order valence-electron chi connectivity index (χ2n) is 5.01. The normalized spacial score (nSPS) is 10.0. The zero-order valence-corrected chi connectivity index (χ0v) is 13.2. The molecule has 0 heterocycles. The Kier molecular flexibility index (Phi) is 6.79. The first-order valence-corrected chi connectivity index (χ1v) is 7.10. The van der Waals surface area contributed by atoms with Gasteiger partial charge < -0.3 is 15.8 Å². The summed E-state index contributed by atoms with van der Waals surface area (Å²) in [5, 5.41) is 2.48. The maximum absolute atomic E-state index is 12.2. The number of nitrogens with two attached hydrogens (primary N) is 1. The number of hydrogen-bond acceptors (Lipinski definition) is 4. The average Bonchev–Trinajstić information content (AvgIpc) is 2.49. The van der Waals surface area contributed by atoms with E-state index in [1.54, 1.807) is 32.1 Å². The van der Waals surface area contributed by atoms with Crippen LogP contribution < -0.4 is 16.0 Å². The smallest absolute Gasteiger partial charge is 0.325 e. The lowest BCUT2D eigenvalue weighted by Crippen LogP contribution is -2.43. The highest BCUT2D eigenvalue weighted by atomic mass is 16.5. The molecule has 1 rings (SSSR count). The molecule has 3 amide bonds. The minimum Gasteiger partial charge on any atom is -0.462 e. The van der Waals surface area contributed by atoms with E-state index < -0.39 is 17.9 Å². The Hall–Kier alpha value is -2.83. The molecule has 0 aliphatic carbocycles. The van der Waals surface area contributed by atoms with Crippen LogP contribution in [0.4, 0.5) is 10.5 Å². The first-order chi connectivity index (χ1) is 10.8. The number of primary amides is 1. The number of benzene rings is 1. The molecular formula is C16H21N3O4. The number of nitrogens with one attached hydrogen (secondary N) is 1. The third kappa shape index (κ3) is 5.82. The zero-order valence-electron chi connectivity index (χ0n) is 13.2. The molecule has 0 saturated carbocycles. The van der Waals surface area contributed by atoms with Crippen LogP contribution in [-0.2, 0) is 9.53 Å². The van der Waals surface area contributed by atoms with E-state index in [0.717, 1.165) is 0 Å². The molecule has 7 nitrogen and oxygen atoms in total. The Morgan fingerprint density at radius 1 is 1.30 bits per heavy atom. The molecule has 0 aliphatic heterocycles. The topological polar surface area (TPSA) is 102 Å². The number of urea groups is 1. The van der Waals surface area contributed by atoms with Crippen LogP contribution in [0.1, 0.15) is 24.2 Å². The number of anilines is 1. The summed E-state index contributed by atoms with van der Waals surface area (Å²) in [6, 6.07) is 5.75. The van der Waals surface area contributed by atoms with E-state index in [1.165, 1.54) is 17.0 Å². The van der Waals surface area contributed by atoms with E-state index in [4.69, 9.17) is 10.5 Å². The van der Waals surface area contributed by atoms with Crippen LogP contribution in [0.15, 0.2) is 36.9 Å². The fourth-order valence-corrected chi connectivity index (χ4v) is 1.79. The van der Waals surface area contributed by atoms with Gasteiger partial charge in [0, 0.05) is 17.8 Å². The van der Waals surface area contributed by atoms with Crippen LogP contribution in [0.5, 0.6) is 0 Å². The Morgan fingerprint density at radius 2 is 1.91 bits per heavy atom. The number of ether oxygens (including phenoxy) is 1. The van der Waals surface area contributed by atoms with Gasteiger partial charge in [-0.25, -0.2) is 4.79 Å². The molecule has 0 saturated heterocycles. The first-order valence-electron chi connectivity index (χ1n) is 7.10. The van der Waals surface area contributed by atoms with Crippen LogP contribution in [-0.4, -0.2) is 37.1 Å². The van der Waals surface area contributed by atoms with Gasteiger partial charge >= 0.3 is 12.0 Å². The van der Waals surface area contributed by atoms with E-state index in [1.807, 2.05) is 0 Å². The molecular weight excluding hydrogens is 298 g/mol. The molecule has 124 valence electrons. The molecule has 3 N–H and O–H groups in total. The summed E-state index contributed by atoms with van der Waals surface area (Å²) in [5.41, 5.74) is 6.07. The number of rotatable bonds is 7. The predicted octanol–water partition coefficient (Wildman–Crippen LogP) is 1.44. The van der Waals surface area contributed by atoms with Crippen LogP contribution in [0.25, 0.3) is 0 Å². The van der Waals surface area contributed by atoms with Crippen LogP contribution >= 0.6 is 0 Å². The molecule has 1 aromatic carbocycles. The fourth-order valence-electron chi connectivity index (χ4n) is 1.79. The number of amides is 3. The highest BCUT2D eigenvalue weighted by Crippen LogP contribution is 2.15. The molecule has 0 spiro atoms. The molecule has 0 bridgehead atoms. The number of esters is 1. The summed E-state index contributed by atoms with van der Waals surface area (Å²) in [4.78, 5) is 36.1. The summed E-state index contributed by atoms with van der Waals surface area (Å²) in [5.74, 6) is -1.07. The summed E-state index contributed by atoms with van der Waals surface area (Å²) >= 11 is 0. The van der Waals surface area contributed by atoms with E-state index in [0.29, 0.717) is 11.3 Å². The lowest BCUT2D eigenvalue weighted by Gasteiger charge is -2.22. The van der Waals surface area contributed by atoms with Gasteiger partial charge in [0.25, 0.3) is 0 Å². The van der Waals surface area contributed by atoms with Crippen LogP contribution in [0.2, 0.25) is 0 Å². The third-order valence-electron chi connectivity index (χ3n) is 2.77. The van der Waals surface area contributed by atoms with Gasteiger partial charge in [0.15, 0.2) is 0 Å². The van der Waals surface area contributed by atoms with E-state index in [2.05, 4.69) is 11.9 Å². The Balaban J connectivity index is 2.76. The quantitative estimate of drug-likeness (QED) is 0.586. The Morgan fingerprint density at radius 3 is 2.39 bits per heavy atom. The van der Waals surface area contributed by atoms with Gasteiger partial charge in [0.05, 0.1) is 6.10 Å². The minimum atomic E-state index is -0.548. The number of hydrogen-bond donors (Lipinski definition) is 2. The lowest BCUT2D eigenvalue weighted by molar-refractivity contribution is -0.146. The molecule has 0 aliphatic rings. The summed E-state index contributed by atoms with van der Waals surface area (Å²) < 4.78 is 4.94. The Labute approximate surface area is 135 Å². The van der Waals surface area contributed by atoms with Crippen molar-refractivity contribution >= 4 is 23.6 Å². The van der Waals surface area contributed by atoms with Crippen molar-refractivity contribution in [2.75, 3.05) is 18.0 Å². The van der Waals surface area contributed by atoms with Gasteiger partial charge in [-0.3, -0.25) is 14.5 Å². The van der Waals surface area contributed by atoms with Gasteiger partial charge in [-0.05, 0) is 38.1 Å². The molecule has 0 aromatic heterocycles. The minimum absolute atomic E-state index is 0.232. The maximum Gasteiger partial charge on any atom is 0.325 e. The fraction of sp³-hybridized carbons (Fsp3) is 0.312. The molecule has 23 heavy (non-hydrogen) atoms. The van der Waals surface area contributed by atoms with Crippen molar-refractivity contribution < 1.29 is 19.1 Å².